The molecule has 1 aromatic heterocycles. The number of hydrogen-bond donors (Lipinski definition) is 1. The summed E-state index contributed by atoms with van der Waals surface area (Å²) >= 11 is 0. The predicted molar refractivity (Wildman–Crippen MR) is 104 cm³/mol. The number of methoxy groups -OCH3 is 2. The number of H-pyrrole nitrogens is 1. The van der Waals surface area contributed by atoms with Crippen molar-refractivity contribution in [1.82, 2.24) is 9.97 Å². The van der Waals surface area contributed by atoms with Crippen LogP contribution in [0, 0.1) is 24.5 Å². The minimum Gasteiger partial charge on any atom is -0.493 e. The summed E-state index contributed by atoms with van der Waals surface area (Å²) in [5, 5.41) is 0. The number of carbonyl (C=O) groups excluding carboxylic acids is 1. The van der Waals surface area contributed by atoms with E-state index in [9.17, 15) is 31.5 Å². The van der Waals surface area contributed by atoms with Gasteiger partial charge < -0.3 is 19.2 Å². The number of hydrogen-bond acceptors (Lipinski definition) is 6. The molecule has 0 radical (unpaired) electrons. The highest BCUT2D eigenvalue weighted by Crippen LogP contribution is 2.59. The van der Waals surface area contributed by atoms with E-state index >= 15 is 0 Å². The molecule has 1 saturated heterocycles. The van der Waals surface area contributed by atoms with Gasteiger partial charge in [0.15, 0.2) is 17.2 Å². The number of benzene rings is 1. The number of nitrogens with zero attached hydrogens (tertiary/aromatic N) is 1. The van der Waals surface area contributed by atoms with Gasteiger partial charge in [-0.25, -0.2) is 14.2 Å². The molecule has 0 bridgehead atoms. The van der Waals surface area contributed by atoms with E-state index in [1.165, 1.54) is 13.8 Å². The molecule has 0 unspecified atom stereocenters. The Morgan fingerprint density at radius 3 is 2.39 bits per heavy atom. The van der Waals surface area contributed by atoms with Gasteiger partial charge in [0.2, 0.25) is 5.82 Å². The first-order chi connectivity index (χ1) is 15.3. The monoisotopic (exact) mass is 476 g/mol. The third-order valence-corrected chi connectivity index (χ3v) is 6.09. The van der Waals surface area contributed by atoms with Crippen LogP contribution >= 0.6 is 0 Å². The molecule has 33 heavy (non-hydrogen) atoms. The van der Waals surface area contributed by atoms with Crippen molar-refractivity contribution in [2.75, 3.05) is 14.2 Å². The Morgan fingerprint density at radius 2 is 1.88 bits per heavy atom. The van der Waals surface area contributed by atoms with Crippen LogP contribution in [0.25, 0.3) is 0 Å². The molecule has 0 amide bonds. The zero-order chi connectivity index (χ0) is 24.9. The first kappa shape index (κ1) is 24.6. The van der Waals surface area contributed by atoms with E-state index in [-0.39, 0.29) is 17.1 Å². The summed E-state index contributed by atoms with van der Waals surface area (Å²) in [4.78, 5) is 30.7. The number of esters is 1. The highest BCUT2D eigenvalue weighted by atomic mass is 19.4. The predicted octanol–water partition coefficient (Wildman–Crippen LogP) is 3.96. The van der Waals surface area contributed by atoms with Crippen LogP contribution in [0.2, 0.25) is 0 Å². The van der Waals surface area contributed by atoms with E-state index in [0.717, 1.165) is 33.3 Å². The quantitative estimate of drug-likeness (QED) is 0.531. The van der Waals surface area contributed by atoms with Crippen molar-refractivity contribution in [3.8, 4) is 5.75 Å². The Hall–Kier alpha value is -3.02. The second-order valence-electron chi connectivity index (χ2n) is 7.84. The number of aromatic amines is 1. The summed E-state index contributed by atoms with van der Waals surface area (Å²) in [5.74, 6) is -7.10. The molecule has 2 heterocycles. The molecule has 180 valence electrons. The summed E-state index contributed by atoms with van der Waals surface area (Å²) in [7, 11) is 2.10. The maximum Gasteiger partial charge on any atom is 0.417 e. The third-order valence-electron chi connectivity index (χ3n) is 6.09. The molecule has 3 rings (SSSR count). The van der Waals surface area contributed by atoms with Gasteiger partial charge >= 0.3 is 12.1 Å². The van der Waals surface area contributed by atoms with E-state index in [4.69, 9.17) is 9.47 Å². The van der Waals surface area contributed by atoms with Gasteiger partial charge in [-0.3, -0.25) is 4.79 Å². The highest BCUT2D eigenvalue weighted by Gasteiger charge is 2.65. The number of ether oxygens (including phenoxy) is 3. The Balaban J connectivity index is 2.26. The lowest BCUT2D eigenvalue weighted by Gasteiger charge is -2.32. The van der Waals surface area contributed by atoms with Crippen LogP contribution in [0.1, 0.15) is 53.3 Å². The minimum atomic E-state index is -4.85. The van der Waals surface area contributed by atoms with E-state index in [2.05, 4.69) is 14.7 Å². The fraction of sp³-hybridized carbons (Fsp3) is 0.476. The van der Waals surface area contributed by atoms with Crippen molar-refractivity contribution in [3.63, 3.8) is 0 Å². The zero-order valence-electron chi connectivity index (χ0n) is 18.3. The first-order valence-corrected chi connectivity index (χ1v) is 9.74. The van der Waals surface area contributed by atoms with E-state index in [1.54, 1.807) is 0 Å². The SMILES string of the molecule is COC(=O)c1c(C)nc([C@@H]2O[C@@](C)(C(F)(F)F)[C@@H](C)[C@H]2c2ccc(F)c(F)c2OC)[nH]c1=O. The zero-order valence-corrected chi connectivity index (χ0v) is 18.3. The number of carbonyl (C=O) groups is 1. The summed E-state index contributed by atoms with van der Waals surface area (Å²) in [6.07, 6.45) is -6.39. The van der Waals surface area contributed by atoms with Gasteiger partial charge in [-0.15, -0.1) is 0 Å². The lowest BCUT2D eigenvalue weighted by atomic mass is 9.77. The number of aromatic nitrogens is 2. The van der Waals surface area contributed by atoms with Gasteiger partial charge in [-0.2, -0.15) is 17.6 Å². The molecule has 0 saturated carbocycles. The largest absolute Gasteiger partial charge is 0.493 e. The van der Waals surface area contributed by atoms with Crippen LogP contribution in [-0.4, -0.2) is 41.9 Å². The molecule has 0 spiro atoms. The van der Waals surface area contributed by atoms with Gasteiger partial charge in [-0.05, 0) is 19.9 Å². The molecule has 1 aromatic carbocycles. The number of rotatable bonds is 4. The van der Waals surface area contributed by atoms with Gasteiger partial charge in [-0.1, -0.05) is 13.0 Å². The molecule has 1 fully saturated rings. The van der Waals surface area contributed by atoms with Crippen LogP contribution in [0.15, 0.2) is 16.9 Å². The van der Waals surface area contributed by atoms with Crippen LogP contribution in [0.4, 0.5) is 22.0 Å². The Kier molecular flexibility index (Phi) is 6.26. The molecule has 1 N–H and O–H groups in total. The normalized spacial score (nSPS) is 25.2. The van der Waals surface area contributed by atoms with Crippen LogP contribution in [0.5, 0.6) is 5.75 Å². The molecule has 4 atom stereocenters. The smallest absolute Gasteiger partial charge is 0.417 e. The topological polar surface area (TPSA) is 90.5 Å². The average molecular weight is 476 g/mol. The molecule has 12 heteroatoms. The molecule has 1 aliphatic rings. The van der Waals surface area contributed by atoms with Crippen molar-refractivity contribution in [2.45, 2.75) is 44.6 Å². The fourth-order valence-corrected chi connectivity index (χ4v) is 4.13. The molecule has 0 aliphatic carbocycles. The van der Waals surface area contributed by atoms with Crippen molar-refractivity contribution in [2.24, 2.45) is 5.92 Å². The minimum absolute atomic E-state index is 0.0979. The number of nitrogens with one attached hydrogen (secondary N) is 1. The van der Waals surface area contributed by atoms with Crippen LogP contribution < -0.4 is 10.3 Å². The third kappa shape index (κ3) is 3.85. The summed E-state index contributed by atoms with van der Waals surface area (Å²) < 4.78 is 85.2. The van der Waals surface area contributed by atoms with Gasteiger partial charge in [0.25, 0.3) is 5.56 Å². The fourth-order valence-electron chi connectivity index (χ4n) is 4.13. The molecular weight excluding hydrogens is 455 g/mol. The standard InChI is InChI=1S/C21H21F5N2O5/c1-8-12(10-6-7-11(22)14(23)15(10)31-4)16(33-20(8,3)21(24,25)26)17-27-9(2)13(18(29)28-17)19(30)32-5/h6-8,12,16H,1-5H3,(H,27,28,29)/t8-,12-,16+,20+/m0/s1. The maximum absolute atomic E-state index is 14.4. The van der Waals surface area contributed by atoms with Gasteiger partial charge in [0.1, 0.15) is 17.5 Å². The Labute approximate surface area is 184 Å². The number of halogens is 5. The molecule has 7 nitrogen and oxygen atoms in total. The summed E-state index contributed by atoms with van der Waals surface area (Å²) in [6, 6.07) is 1.87. The number of aryl methyl sites for hydroxylation is 1. The van der Waals surface area contributed by atoms with Gasteiger partial charge in [0, 0.05) is 17.4 Å². The van der Waals surface area contributed by atoms with Gasteiger partial charge in [0.05, 0.1) is 19.9 Å². The van der Waals surface area contributed by atoms with Crippen molar-refractivity contribution < 1.29 is 41.0 Å². The first-order valence-electron chi connectivity index (χ1n) is 9.74. The van der Waals surface area contributed by atoms with E-state index in [0.29, 0.717) is 0 Å². The van der Waals surface area contributed by atoms with E-state index in [1.807, 2.05) is 0 Å². The van der Waals surface area contributed by atoms with Crippen LogP contribution in [-0.2, 0) is 9.47 Å². The van der Waals surface area contributed by atoms with Crippen molar-refractivity contribution in [1.29, 1.82) is 0 Å². The second-order valence-corrected chi connectivity index (χ2v) is 7.84. The lowest BCUT2D eigenvalue weighted by Crippen LogP contribution is -2.46. The average Bonchev–Trinajstić information content (AvgIpc) is 3.01. The molecule has 1 aliphatic heterocycles. The number of alkyl halides is 3. The van der Waals surface area contributed by atoms with Crippen LogP contribution in [0.3, 0.4) is 0 Å². The summed E-state index contributed by atoms with van der Waals surface area (Å²) in [5.41, 5.74) is -4.30. The molecule has 2 aromatic rings. The summed E-state index contributed by atoms with van der Waals surface area (Å²) in [6.45, 7) is 3.37. The second kappa shape index (κ2) is 8.40. The highest BCUT2D eigenvalue weighted by molar-refractivity contribution is 5.89. The van der Waals surface area contributed by atoms with Crippen molar-refractivity contribution in [3.05, 3.63) is 56.8 Å². The van der Waals surface area contributed by atoms with Crippen molar-refractivity contribution >= 4 is 5.97 Å². The molecular formula is C21H21F5N2O5. The lowest BCUT2D eigenvalue weighted by molar-refractivity contribution is -0.275. The Bertz CT molecular complexity index is 1150. The maximum atomic E-state index is 14.4. The Morgan fingerprint density at radius 1 is 1.24 bits per heavy atom. The van der Waals surface area contributed by atoms with E-state index < -0.39 is 64.2 Å².